The Hall–Kier alpha value is -0.160. The molecule has 0 aliphatic heterocycles. The largest absolute Gasteiger partial charge is 0.330 e. The maximum atomic E-state index is 14.2. The van der Waals surface area contributed by atoms with Gasteiger partial charge in [-0.2, -0.15) is 5.11 Å². The van der Waals surface area contributed by atoms with Crippen molar-refractivity contribution in [2.75, 3.05) is 19.8 Å². The molecule has 2 unspecified atom stereocenters. The second-order valence-corrected chi connectivity index (χ2v) is 15.3. The number of unbranched alkanes of at least 4 members (excludes halogenated alkanes) is 31. The van der Waals surface area contributed by atoms with Crippen molar-refractivity contribution in [3.63, 3.8) is 0 Å². The first-order valence-electron chi connectivity index (χ1n) is 22.3. The molecule has 0 rings (SSSR count). The van der Waals surface area contributed by atoms with Gasteiger partial charge in [0.2, 0.25) is 0 Å². The quantitative estimate of drug-likeness (QED) is 0.0515. The zero-order chi connectivity index (χ0) is 35.1. The fourth-order valence-electron chi connectivity index (χ4n) is 7.17. The summed E-state index contributed by atoms with van der Waals surface area (Å²) in [5, 5.41) is 14.2. The van der Waals surface area contributed by atoms with E-state index in [0.717, 1.165) is 38.5 Å². The van der Waals surface area contributed by atoms with E-state index in [1.807, 2.05) is 0 Å². The summed E-state index contributed by atoms with van der Waals surface area (Å²) in [6, 6.07) is 0. The Morgan fingerprint density at radius 2 is 0.625 bits per heavy atom. The lowest BCUT2D eigenvalue weighted by molar-refractivity contribution is -0.414. The Balaban J connectivity index is 4.47. The second-order valence-electron chi connectivity index (χ2n) is 15.3. The molecule has 0 aromatic rings. The lowest BCUT2D eigenvalue weighted by atomic mass is 9.94. The van der Waals surface area contributed by atoms with Gasteiger partial charge in [-0.25, -0.2) is 0 Å². The zero-order valence-electron chi connectivity index (χ0n) is 33.5. The summed E-state index contributed by atoms with van der Waals surface area (Å²) in [7, 11) is 0. The van der Waals surface area contributed by atoms with Crippen LogP contribution in [0.2, 0.25) is 0 Å². The molecule has 289 valence electrons. The lowest BCUT2D eigenvalue weighted by Gasteiger charge is -2.33. The van der Waals surface area contributed by atoms with Crippen molar-refractivity contribution in [3.05, 3.63) is 0 Å². The van der Waals surface area contributed by atoms with Crippen molar-refractivity contribution in [1.82, 2.24) is 0 Å². The van der Waals surface area contributed by atoms with Gasteiger partial charge in [-0.05, 0) is 32.2 Å². The van der Waals surface area contributed by atoms with Gasteiger partial charge < -0.3 is 15.2 Å². The Morgan fingerprint density at radius 3 is 0.896 bits per heavy atom. The average Bonchev–Trinajstić information content (AvgIpc) is 3.09. The Labute approximate surface area is 303 Å². The van der Waals surface area contributed by atoms with Crippen LogP contribution >= 0.6 is 0 Å². The molecule has 0 amide bonds. The van der Waals surface area contributed by atoms with Gasteiger partial charge in [0, 0.05) is 5.92 Å². The molecular formula is C44H90NO3. The minimum Gasteiger partial charge on any atom is -0.330 e. The topological polar surface area (TPSA) is 64.4 Å². The highest BCUT2D eigenvalue weighted by Crippen LogP contribution is 2.31. The van der Waals surface area contributed by atoms with E-state index in [1.165, 1.54) is 186 Å². The fourth-order valence-corrected chi connectivity index (χ4v) is 7.17. The molecule has 2 atom stereocenters. The van der Waals surface area contributed by atoms with Crippen LogP contribution in [0.4, 0.5) is 0 Å². The second kappa shape index (κ2) is 39.6. The number of hydrogen-bond donors (Lipinski definition) is 1. The Kier molecular flexibility index (Phi) is 39.5. The van der Waals surface area contributed by atoms with E-state index in [0.29, 0.717) is 26.2 Å². The van der Waals surface area contributed by atoms with Crippen LogP contribution in [0.3, 0.4) is 0 Å². The fraction of sp³-hybridized carbons (Fsp3) is 1.00. The van der Waals surface area contributed by atoms with Gasteiger partial charge in [-0.1, -0.05) is 226 Å². The highest BCUT2D eigenvalue weighted by molar-refractivity contribution is 4.71. The predicted molar refractivity (Wildman–Crippen MR) is 211 cm³/mol. The van der Waals surface area contributed by atoms with Gasteiger partial charge >= 0.3 is 5.97 Å². The van der Waals surface area contributed by atoms with Crippen LogP contribution in [0, 0.1) is 5.92 Å². The molecule has 4 nitrogen and oxygen atoms in total. The van der Waals surface area contributed by atoms with E-state index in [4.69, 9.17) is 15.2 Å². The number of nitrogens with two attached hydrogens (primary N) is 1. The average molecular weight is 681 g/mol. The van der Waals surface area contributed by atoms with Gasteiger partial charge in [-0.3, -0.25) is 0 Å². The summed E-state index contributed by atoms with van der Waals surface area (Å²) < 4.78 is 12.3. The van der Waals surface area contributed by atoms with Crippen LogP contribution in [0.15, 0.2) is 0 Å². The van der Waals surface area contributed by atoms with Crippen LogP contribution in [-0.4, -0.2) is 25.7 Å². The summed E-state index contributed by atoms with van der Waals surface area (Å²) in [5.41, 5.74) is 6.05. The molecule has 4 heteroatoms. The first kappa shape index (κ1) is 47.8. The van der Waals surface area contributed by atoms with Crippen molar-refractivity contribution in [3.8, 4) is 0 Å². The monoisotopic (exact) mass is 681 g/mol. The molecule has 0 spiro atoms. The van der Waals surface area contributed by atoms with Crippen molar-refractivity contribution in [2.45, 2.75) is 258 Å². The normalized spacial score (nSPS) is 13.7. The lowest BCUT2D eigenvalue weighted by Crippen LogP contribution is -2.44. The summed E-state index contributed by atoms with van der Waals surface area (Å²) in [5.74, 6) is -1.90. The summed E-state index contributed by atoms with van der Waals surface area (Å²) >= 11 is 0. The van der Waals surface area contributed by atoms with Crippen LogP contribution in [0.1, 0.15) is 252 Å². The molecular weight excluding hydrogens is 590 g/mol. The number of ether oxygens (including phenoxy) is 2. The molecule has 0 heterocycles. The molecule has 0 saturated carbocycles. The van der Waals surface area contributed by atoms with Gasteiger partial charge in [0.15, 0.2) is 0 Å². The minimum atomic E-state index is -1.74. The molecule has 0 aliphatic rings. The van der Waals surface area contributed by atoms with Crippen molar-refractivity contribution in [2.24, 2.45) is 11.7 Å². The van der Waals surface area contributed by atoms with E-state index in [1.54, 1.807) is 0 Å². The third-order valence-electron chi connectivity index (χ3n) is 10.5. The molecule has 0 saturated heterocycles. The molecule has 48 heavy (non-hydrogen) atoms. The zero-order valence-corrected chi connectivity index (χ0v) is 33.5. The Morgan fingerprint density at radius 1 is 0.375 bits per heavy atom. The SMILES string of the molecule is CCCCCCCCCCCCCCOC([O])(OCCCCCCCCCCCC)C(CCN)CCCCCCCCCCCCCC. The minimum absolute atomic E-state index is 0.161. The molecule has 0 aromatic heterocycles. The maximum Gasteiger partial charge on any atom is 0.315 e. The first-order chi connectivity index (χ1) is 23.6. The number of hydrogen-bond acceptors (Lipinski definition) is 3. The van der Waals surface area contributed by atoms with Gasteiger partial charge in [0.05, 0.1) is 13.2 Å². The first-order valence-corrected chi connectivity index (χ1v) is 22.3. The number of rotatable bonds is 42. The van der Waals surface area contributed by atoms with E-state index in [9.17, 15) is 5.11 Å². The molecule has 2 N–H and O–H groups in total. The third-order valence-corrected chi connectivity index (χ3v) is 10.5. The third kappa shape index (κ3) is 33.0. The Bertz CT molecular complexity index is 587. The van der Waals surface area contributed by atoms with Crippen LogP contribution < -0.4 is 5.73 Å². The van der Waals surface area contributed by atoms with E-state index >= 15 is 0 Å². The van der Waals surface area contributed by atoms with Gasteiger partial charge in [-0.15, -0.1) is 0 Å². The van der Waals surface area contributed by atoms with Gasteiger partial charge in [0.1, 0.15) is 0 Å². The van der Waals surface area contributed by atoms with Crippen LogP contribution in [0.5, 0.6) is 0 Å². The molecule has 0 aliphatic carbocycles. The van der Waals surface area contributed by atoms with Gasteiger partial charge in [0.25, 0.3) is 0 Å². The van der Waals surface area contributed by atoms with Crippen molar-refractivity contribution >= 4 is 0 Å². The van der Waals surface area contributed by atoms with Crippen molar-refractivity contribution < 1.29 is 14.6 Å². The summed E-state index contributed by atoms with van der Waals surface area (Å²) in [6.45, 7) is 8.40. The highest BCUT2D eigenvalue weighted by atomic mass is 16.8. The summed E-state index contributed by atoms with van der Waals surface area (Å²) in [6.07, 6.45) is 46.1. The molecule has 1 radical (unpaired) electrons. The predicted octanol–water partition coefficient (Wildman–Crippen LogP) is 14.8. The molecule has 0 fully saturated rings. The van der Waals surface area contributed by atoms with Crippen LogP contribution in [-0.2, 0) is 14.6 Å². The molecule has 0 aromatic carbocycles. The standard InChI is InChI=1S/C44H90NO3/c1-4-7-10-13-16-19-22-24-26-29-32-35-38-43(39-40-45)44(46,47-41-36-33-30-27-21-18-15-12-9-6-3)48-42-37-34-31-28-25-23-20-17-14-11-8-5-2/h43H,4-42,45H2,1-3H3. The van der Waals surface area contributed by atoms with Crippen LogP contribution in [0.25, 0.3) is 0 Å². The highest BCUT2D eigenvalue weighted by Gasteiger charge is 2.40. The maximum absolute atomic E-state index is 14.2. The van der Waals surface area contributed by atoms with Crippen molar-refractivity contribution in [1.29, 1.82) is 0 Å². The smallest absolute Gasteiger partial charge is 0.315 e. The van der Waals surface area contributed by atoms with E-state index < -0.39 is 5.97 Å². The van der Waals surface area contributed by atoms with E-state index in [-0.39, 0.29) is 5.92 Å². The van der Waals surface area contributed by atoms with E-state index in [2.05, 4.69) is 20.8 Å². The summed E-state index contributed by atoms with van der Waals surface area (Å²) in [4.78, 5) is 0. The molecule has 0 bridgehead atoms.